The first-order chi connectivity index (χ1) is 10.7. The fraction of sp³-hybridized carbons (Fsp3) is 0.263. The van der Waals surface area contributed by atoms with Crippen LogP contribution in [0.1, 0.15) is 6.42 Å². The van der Waals surface area contributed by atoms with Gasteiger partial charge in [0, 0.05) is 0 Å². The Balaban J connectivity index is 1.60. The van der Waals surface area contributed by atoms with Gasteiger partial charge in [-0.15, -0.1) is 0 Å². The van der Waals surface area contributed by atoms with Crippen LogP contribution in [0.5, 0.6) is 0 Å². The van der Waals surface area contributed by atoms with Crippen molar-refractivity contribution in [1.82, 2.24) is 0 Å². The molecule has 1 aliphatic heterocycles. The van der Waals surface area contributed by atoms with Crippen molar-refractivity contribution < 1.29 is 9.59 Å². The first-order valence-electron chi connectivity index (χ1n) is 7.79. The summed E-state index contributed by atoms with van der Waals surface area (Å²) in [5, 5.41) is 2.17. The molecule has 1 heterocycles. The zero-order valence-electron chi connectivity index (χ0n) is 12.0. The highest BCUT2D eigenvalue weighted by molar-refractivity contribution is 6.23. The highest BCUT2D eigenvalue weighted by atomic mass is 16.2. The molecule has 0 aromatic heterocycles. The fourth-order valence-electron chi connectivity index (χ4n) is 4.47. The first kappa shape index (κ1) is 12.2. The van der Waals surface area contributed by atoms with Crippen molar-refractivity contribution in [3.05, 3.63) is 54.6 Å². The Kier molecular flexibility index (Phi) is 2.25. The monoisotopic (exact) mass is 289 g/mol. The van der Waals surface area contributed by atoms with Crippen LogP contribution in [0.15, 0.2) is 54.6 Å². The number of benzene rings is 2. The predicted octanol–water partition coefficient (Wildman–Crippen LogP) is 3.15. The summed E-state index contributed by atoms with van der Waals surface area (Å²) >= 11 is 0. The van der Waals surface area contributed by atoms with E-state index in [1.807, 2.05) is 42.5 Å². The van der Waals surface area contributed by atoms with E-state index in [2.05, 4.69) is 12.2 Å². The minimum absolute atomic E-state index is 0.0119. The number of hydrogen-bond acceptors (Lipinski definition) is 2. The van der Waals surface area contributed by atoms with Gasteiger partial charge in [0.25, 0.3) is 0 Å². The summed E-state index contributed by atoms with van der Waals surface area (Å²) in [4.78, 5) is 27.0. The number of carbonyl (C=O) groups excluding carboxylic acids is 2. The number of fused-ring (bicyclic) bond motifs is 6. The molecule has 2 bridgehead atoms. The molecule has 2 aliphatic carbocycles. The molecule has 0 unspecified atom stereocenters. The molecular weight excluding hydrogens is 274 g/mol. The van der Waals surface area contributed by atoms with Crippen LogP contribution < -0.4 is 4.90 Å². The minimum atomic E-state index is -0.131. The second-order valence-corrected chi connectivity index (χ2v) is 6.54. The van der Waals surface area contributed by atoms with Crippen LogP contribution >= 0.6 is 0 Å². The van der Waals surface area contributed by atoms with E-state index < -0.39 is 0 Å². The van der Waals surface area contributed by atoms with Gasteiger partial charge in [0.1, 0.15) is 0 Å². The smallest absolute Gasteiger partial charge is 0.238 e. The van der Waals surface area contributed by atoms with E-state index in [0.29, 0.717) is 5.69 Å². The Morgan fingerprint density at radius 2 is 1.45 bits per heavy atom. The predicted molar refractivity (Wildman–Crippen MR) is 84.2 cm³/mol. The zero-order valence-corrected chi connectivity index (χ0v) is 12.0. The molecule has 0 radical (unpaired) electrons. The molecule has 3 aliphatic rings. The number of imide groups is 1. The van der Waals surface area contributed by atoms with Crippen molar-refractivity contribution >= 4 is 28.3 Å². The van der Waals surface area contributed by atoms with Crippen molar-refractivity contribution in [2.24, 2.45) is 23.7 Å². The van der Waals surface area contributed by atoms with E-state index in [1.165, 1.54) is 4.90 Å². The fourth-order valence-corrected chi connectivity index (χ4v) is 4.47. The average Bonchev–Trinajstić information content (AvgIpc) is 3.21. The van der Waals surface area contributed by atoms with Crippen molar-refractivity contribution in [2.75, 3.05) is 4.90 Å². The molecule has 4 atom stereocenters. The Hall–Kier alpha value is -2.42. The number of hydrogen-bond donors (Lipinski definition) is 0. The van der Waals surface area contributed by atoms with Gasteiger partial charge in [-0.05, 0) is 41.2 Å². The summed E-state index contributed by atoms with van der Waals surface area (Å²) in [6.07, 6.45) is 5.22. The van der Waals surface area contributed by atoms with E-state index in [1.54, 1.807) is 0 Å². The summed E-state index contributed by atoms with van der Waals surface area (Å²) in [7, 11) is 0. The second kappa shape index (κ2) is 4.07. The number of rotatable bonds is 1. The molecule has 3 nitrogen and oxygen atoms in total. The summed E-state index contributed by atoms with van der Waals surface area (Å²) in [5.41, 5.74) is 0.711. The van der Waals surface area contributed by atoms with Crippen molar-refractivity contribution in [3.8, 4) is 0 Å². The van der Waals surface area contributed by atoms with E-state index in [9.17, 15) is 9.59 Å². The third-order valence-corrected chi connectivity index (χ3v) is 5.46. The van der Waals surface area contributed by atoms with E-state index in [0.717, 1.165) is 17.2 Å². The lowest BCUT2D eigenvalue weighted by Crippen LogP contribution is -2.32. The molecule has 22 heavy (non-hydrogen) atoms. The SMILES string of the molecule is O=C1[C@@H]2[C@H](C(=O)N1c1ccc3ccccc3c1)[C@H]1C=C[C@@H]2C1. The van der Waals surface area contributed by atoms with Crippen LogP contribution in [0, 0.1) is 23.7 Å². The molecule has 2 aromatic rings. The van der Waals surface area contributed by atoms with Crippen molar-refractivity contribution in [1.29, 1.82) is 0 Å². The molecule has 0 N–H and O–H groups in total. The lowest BCUT2D eigenvalue weighted by molar-refractivity contribution is -0.123. The summed E-state index contributed by atoms with van der Waals surface area (Å²) in [6.45, 7) is 0. The van der Waals surface area contributed by atoms with Crippen LogP contribution in [0.4, 0.5) is 5.69 Å². The standard InChI is InChI=1S/C19H15NO2/c21-18-16-13-5-6-14(9-13)17(16)19(22)20(18)15-8-7-11-3-1-2-4-12(11)10-15/h1-8,10,13-14,16-17H,9H2/t13-,14+,16+,17-. The number of allylic oxidation sites excluding steroid dienone is 2. The average molecular weight is 289 g/mol. The van der Waals surface area contributed by atoms with E-state index in [-0.39, 0.29) is 35.5 Å². The molecule has 2 fully saturated rings. The van der Waals surface area contributed by atoms with Gasteiger partial charge in [-0.2, -0.15) is 0 Å². The third-order valence-electron chi connectivity index (χ3n) is 5.46. The molecule has 2 amide bonds. The highest BCUT2D eigenvalue weighted by Gasteiger charge is 2.59. The number of anilines is 1. The quantitative estimate of drug-likeness (QED) is 0.597. The topological polar surface area (TPSA) is 37.4 Å². The molecule has 3 heteroatoms. The van der Waals surface area contributed by atoms with Crippen LogP contribution in [-0.4, -0.2) is 11.8 Å². The Morgan fingerprint density at radius 1 is 0.818 bits per heavy atom. The lowest BCUT2D eigenvalue weighted by atomic mass is 9.85. The molecule has 1 saturated heterocycles. The van der Waals surface area contributed by atoms with Gasteiger partial charge in [-0.3, -0.25) is 9.59 Å². The molecule has 0 spiro atoms. The van der Waals surface area contributed by atoms with E-state index >= 15 is 0 Å². The second-order valence-electron chi connectivity index (χ2n) is 6.54. The highest BCUT2D eigenvalue weighted by Crippen LogP contribution is 2.53. The number of carbonyl (C=O) groups is 2. The number of nitrogens with zero attached hydrogens (tertiary/aromatic N) is 1. The van der Waals surface area contributed by atoms with Gasteiger partial charge in [-0.1, -0.05) is 42.5 Å². The van der Waals surface area contributed by atoms with Crippen LogP contribution in [0.2, 0.25) is 0 Å². The summed E-state index contributed by atoms with van der Waals surface area (Å²) < 4.78 is 0. The van der Waals surface area contributed by atoms with Gasteiger partial charge in [0.2, 0.25) is 11.8 Å². The van der Waals surface area contributed by atoms with Gasteiger partial charge < -0.3 is 0 Å². The van der Waals surface area contributed by atoms with Gasteiger partial charge >= 0.3 is 0 Å². The normalized spacial score (nSPS) is 32.3. The molecule has 1 saturated carbocycles. The van der Waals surface area contributed by atoms with Gasteiger partial charge in [0.05, 0.1) is 17.5 Å². The molecule has 5 rings (SSSR count). The summed E-state index contributed by atoms with van der Waals surface area (Å²) in [6, 6.07) is 13.8. The zero-order chi connectivity index (χ0) is 14.8. The van der Waals surface area contributed by atoms with Crippen molar-refractivity contribution in [3.63, 3.8) is 0 Å². The minimum Gasteiger partial charge on any atom is -0.274 e. The van der Waals surface area contributed by atoms with Gasteiger partial charge in [0.15, 0.2) is 0 Å². The Labute approximate surface area is 128 Å². The molecule has 108 valence electrons. The Morgan fingerprint density at radius 3 is 2.14 bits per heavy atom. The van der Waals surface area contributed by atoms with Crippen LogP contribution in [0.25, 0.3) is 10.8 Å². The maximum Gasteiger partial charge on any atom is 0.238 e. The maximum absolute atomic E-state index is 12.8. The Bertz CT molecular complexity index is 823. The van der Waals surface area contributed by atoms with Crippen LogP contribution in [-0.2, 0) is 9.59 Å². The first-order valence-corrected chi connectivity index (χ1v) is 7.79. The van der Waals surface area contributed by atoms with Crippen LogP contribution in [0.3, 0.4) is 0 Å². The molecule has 2 aromatic carbocycles. The summed E-state index contributed by atoms with van der Waals surface area (Å²) in [5.74, 6) is 0.237. The largest absolute Gasteiger partial charge is 0.274 e. The molecular formula is C19H15NO2. The van der Waals surface area contributed by atoms with Crippen molar-refractivity contribution in [2.45, 2.75) is 6.42 Å². The third kappa shape index (κ3) is 1.41. The number of amides is 2. The van der Waals surface area contributed by atoms with E-state index in [4.69, 9.17) is 0 Å². The van der Waals surface area contributed by atoms with Gasteiger partial charge in [-0.25, -0.2) is 4.90 Å². The lowest BCUT2D eigenvalue weighted by Gasteiger charge is -2.17. The maximum atomic E-state index is 12.8.